The summed E-state index contributed by atoms with van der Waals surface area (Å²) in [7, 11) is 0. The number of carbonyl (C=O) groups excluding carboxylic acids is 1. The Hall–Kier alpha value is -0.550. The van der Waals surface area contributed by atoms with E-state index in [1.807, 2.05) is 0 Å². The van der Waals surface area contributed by atoms with Crippen LogP contribution in [0.4, 0.5) is 0 Å². The van der Waals surface area contributed by atoms with E-state index in [4.69, 9.17) is 4.94 Å². The van der Waals surface area contributed by atoms with E-state index in [2.05, 4.69) is 21.4 Å². The van der Waals surface area contributed by atoms with E-state index < -0.39 is 0 Å². The number of allylic oxidation sites excluding steroid dienone is 1. The van der Waals surface area contributed by atoms with Crippen LogP contribution in [-0.2, 0) is 9.73 Å². The molecule has 0 bridgehead atoms. The van der Waals surface area contributed by atoms with Crippen LogP contribution in [0.2, 0.25) is 0 Å². The molecule has 2 aliphatic heterocycles. The number of piperidine rings is 1. The van der Waals surface area contributed by atoms with Gasteiger partial charge in [-0.25, -0.2) is 10.5 Å². The highest BCUT2D eigenvalue weighted by atomic mass is 79.9. The lowest BCUT2D eigenvalue weighted by atomic mass is 10.1. The molecule has 0 aromatic carbocycles. The summed E-state index contributed by atoms with van der Waals surface area (Å²) in [5.41, 5.74) is 3.15. The summed E-state index contributed by atoms with van der Waals surface area (Å²) in [6.07, 6.45) is 2.37. The van der Waals surface area contributed by atoms with Crippen molar-refractivity contribution in [1.82, 2.24) is 10.5 Å². The zero-order chi connectivity index (χ0) is 7.84. The SMILES string of the molecule is O=C1C2=CNON2CCC1Br. The molecular formula is C6H7BrN2O2. The number of alkyl halides is 1. The minimum absolute atomic E-state index is 0.0477. The number of carbonyl (C=O) groups is 1. The zero-order valence-electron chi connectivity index (χ0n) is 5.71. The Bertz CT molecular complexity index is 229. The highest BCUT2D eigenvalue weighted by Gasteiger charge is 2.33. The van der Waals surface area contributed by atoms with Crippen LogP contribution >= 0.6 is 15.9 Å². The van der Waals surface area contributed by atoms with Crippen LogP contribution in [0.3, 0.4) is 0 Å². The van der Waals surface area contributed by atoms with Gasteiger partial charge in [0.25, 0.3) is 0 Å². The smallest absolute Gasteiger partial charge is 0.196 e. The van der Waals surface area contributed by atoms with Crippen molar-refractivity contribution < 1.29 is 9.73 Å². The minimum Gasteiger partial charge on any atom is -0.291 e. The molecule has 0 aromatic rings. The molecule has 60 valence electrons. The highest BCUT2D eigenvalue weighted by Crippen LogP contribution is 2.24. The molecule has 1 unspecified atom stereocenters. The number of hydroxylamine groups is 3. The van der Waals surface area contributed by atoms with Gasteiger partial charge >= 0.3 is 0 Å². The van der Waals surface area contributed by atoms with Crippen LogP contribution in [0.5, 0.6) is 0 Å². The average molecular weight is 219 g/mol. The first-order valence-corrected chi connectivity index (χ1v) is 4.29. The molecule has 0 amide bonds. The largest absolute Gasteiger partial charge is 0.291 e. The molecule has 0 aliphatic carbocycles. The molecule has 0 aromatic heterocycles. The summed E-state index contributed by atoms with van der Waals surface area (Å²) >= 11 is 3.29. The molecular weight excluding hydrogens is 212 g/mol. The Morgan fingerprint density at radius 3 is 3.45 bits per heavy atom. The van der Waals surface area contributed by atoms with Gasteiger partial charge in [-0.1, -0.05) is 15.9 Å². The highest BCUT2D eigenvalue weighted by molar-refractivity contribution is 9.10. The standard InChI is InChI=1S/C6H7BrN2O2/c7-4-1-2-9-5(6(4)10)3-8-11-9/h3-4,8H,1-2H2. The molecule has 5 heteroatoms. The van der Waals surface area contributed by atoms with Crippen molar-refractivity contribution in [2.24, 2.45) is 0 Å². The maximum atomic E-state index is 11.3. The predicted octanol–water partition coefficient (Wildman–Crippen LogP) is 0.316. The van der Waals surface area contributed by atoms with Gasteiger partial charge < -0.3 is 0 Å². The van der Waals surface area contributed by atoms with Crippen LogP contribution < -0.4 is 5.48 Å². The van der Waals surface area contributed by atoms with Crippen molar-refractivity contribution in [3.05, 3.63) is 11.9 Å². The van der Waals surface area contributed by atoms with E-state index in [1.54, 1.807) is 11.3 Å². The van der Waals surface area contributed by atoms with Crippen molar-refractivity contribution in [2.75, 3.05) is 6.54 Å². The second-order valence-electron chi connectivity index (χ2n) is 2.46. The molecule has 0 radical (unpaired) electrons. The van der Waals surface area contributed by atoms with Crippen LogP contribution in [0.1, 0.15) is 6.42 Å². The van der Waals surface area contributed by atoms with Gasteiger partial charge in [-0.15, -0.1) is 0 Å². The van der Waals surface area contributed by atoms with Crippen LogP contribution in [0.25, 0.3) is 0 Å². The molecule has 1 saturated heterocycles. The van der Waals surface area contributed by atoms with Crippen molar-refractivity contribution in [3.63, 3.8) is 0 Å². The fraction of sp³-hybridized carbons (Fsp3) is 0.500. The number of fused-ring (bicyclic) bond motifs is 1. The molecule has 0 spiro atoms. The van der Waals surface area contributed by atoms with Gasteiger partial charge in [0.2, 0.25) is 0 Å². The number of nitrogens with one attached hydrogen (secondary N) is 1. The fourth-order valence-electron chi connectivity index (χ4n) is 1.15. The molecule has 2 heterocycles. The summed E-state index contributed by atoms with van der Waals surface area (Å²) < 4.78 is 0. The van der Waals surface area contributed by atoms with E-state index >= 15 is 0 Å². The molecule has 4 nitrogen and oxygen atoms in total. The summed E-state index contributed by atoms with van der Waals surface area (Å²) in [5, 5.41) is 1.57. The van der Waals surface area contributed by atoms with Crippen molar-refractivity contribution in [3.8, 4) is 0 Å². The molecule has 2 rings (SSSR count). The van der Waals surface area contributed by atoms with Crippen molar-refractivity contribution in [1.29, 1.82) is 0 Å². The van der Waals surface area contributed by atoms with Gasteiger partial charge in [-0.3, -0.25) is 4.79 Å². The zero-order valence-corrected chi connectivity index (χ0v) is 7.30. The summed E-state index contributed by atoms with van der Waals surface area (Å²) in [5.74, 6) is 0.0845. The number of halogens is 1. The van der Waals surface area contributed by atoms with E-state index in [1.165, 1.54) is 0 Å². The lowest BCUT2D eigenvalue weighted by molar-refractivity contribution is -0.162. The van der Waals surface area contributed by atoms with E-state index in [-0.39, 0.29) is 10.6 Å². The Kier molecular flexibility index (Phi) is 1.61. The summed E-state index contributed by atoms with van der Waals surface area (Å²) in [6, 6.07) is 0. The number of Topliss-reactive ketones (excluding diaryl/α,β-unsaturated/α-hetero) is 1. The fourth-order valence-corrected chi connectivity index (χ4v) is 1.59. The number of nitrogens with zero attached hydrogens (tertiary/aromatic N) is 1. The Morgan fingerprint density at radius 1 is 1.82 bits per heavy atom. The van der Waals surface area contributed by atoms with Gasteiger partial charge in [0.05, 0.1) is 11.0 Å². The summed E-state index contributed by atoms with van der Waals surface area (Å²) in [6.45, 7) is 0.750. The van der Waals surface area contributed by atoms with Crippen molar-refractivity contribution in [2.45, 2.75) is 11.2 Å². The number of hydrogen-bond acceptors (Lipinski definition) is 4. The molecule has 0 saturated carbocycles. The second-order valence-corrected chi connectivity index (χ2v) is 3.57. The van der Waals surface area contributed by atoms with Gasteiger partial charge in [-0.05, 0) is 6.42 Å². The lowest BCUT2D eigenvalue weighted by Gasteiger charge is -2.25. The monoisotopic (exact) mass is 218 g/mol. The topological polar surface area (TPSA) is 41.6 Å². The quantitative estimate of drug-likeness (QED) is 0.595. The lowest BCUT2D eigenvalue weighted by Crippen LogP contribution is -2.36. The van der Waals surface area contributed by atoms with E-state index in [9.17, 15) is 4.79 Å². The third-order valence-corrected chi connectivity index (χ3v) is 2.62. The third kappa shape index (κ3) is 1.04. The predicted molar refractivity (Wildman–Crippen MR) is 41.3 cm³/mol. The summed E-state index contributed by atoms with van der Waals surface area (Å²) in [4.78, 5) is 16.2. The van der Waals surface area contributed by atoms with Gasteiger partial charge in [0, 0.05) is 6.54 Å². The molecule has 1 atom stereocenters. The normalized spacial score (nSPS) is 29.5. The van der Waals surface area contributed by atoms with E-state index in [0.717, 1.165) is 13.0 Å². The average Bonchev–Trinajstić information content (AvgIpc) is 2.45. The molecule has 1 fully saturated rings. The second kappa shape index (κ2) is 2.49. The maximum absolute atomic E-state index is 11.3. The van der Waals surface area contributed by atoms with Crippen LogP contribution in [-0.4, -0.2) is 22.2 Å². The minimum atomic E-state index is -0.0477. The molecule has 11 heavy (non-hydrogen) atoms. The van der Waals surface area contributed by atoms with Crippen LogP contribution in [0.15, 0.2) is 11.9 Å². The maximum Gasteiger partial charge on any atom is 0.196 e. The molecule has 1 N–H and O–H groups in total. The Labute approximate surface area is 72.2 Å². The van der Waals surface area contributed by atoms with E-state index in [0.29, 0.717) is 5.70 Å². The number of hydrogen-bond donors (Lipinski definition) is 1. The first kappa shape index (κ1) is 7.12. The van der Waals surface area contributed by atoms with Crippen molar-refractivity contribution >= 4 is 21.7 Å². The number of ketones is 1. The Morgan fingerprint density at radius 2 is 2.64 bits per heavy atom. The molecule has 2 aliphatic rings. The first-order chi connectivity index (χ1) is 5.29. The Balaban J connectivity index is 2.23. The van der Waals surface area contributed by atoms with Crippen LogP contribution in [0, 0.1) is 0 Å². The number of rotatable bonds is 0. The first-order valence-electron chi connectivity index (χ1n) is 3.37. The third-order valence-electron chi connectivity index (χ3n) is 1.75. The van der Waals surface area contributed by atoms with Gasteiger partial charge in [0.15, 0.2) is 5.78 Å². The van der Waals surface area contributed by atoms with Gasteiger partial charge in [-0.2, -0.15) is 4.94 Å². The van der Waals surface area contributed by atoms with Gasteiger partial charge in [0.1, 0.15) is 5.70 Å².